The van der Waals surface area contributed by atoms with E-state index in [-0.39, 0.29) is 10.9 Å². The number of amides is 2. The van der Waals surface area contributed by atoms with Crippen LogP contribution in [0.25, 0.3) is 0 Å². The van der Waals surface area contributed by atoms with Gasteiger partial charge in [0.25, 0.3) is 0 Å². The van der Waals surface area contributed by atoms with Gasteiger partial charge >= 0.3 is 6.03 Å². The molecule has 6 nitrogen and oxygen atoms in total. The molecule has 7 heteroatoms. The summed E-state index contributed by atoms with van der Waals surface area (Å²) >= 11 is 0. The molecule has 0 unspecified atom stereocenters. The standard InChI is InChI=1S/C20H25N3O3S/c1-23(2)27(25,26)17-12-10-15(11-13-17)14-21-20(24)22-19-9-5-7-16-6-3-4-8-18(16)19/h5,7,9-13H,3-4,6,8,14H2,1-2H3,(H2,21,22,24). The molecule has 2 aromatic rings. The number of hydrogen-bond donors (Lipinski definition) is 2. The van der Waals surface area contributed by atoms with Crippen LogP contribution >= 0.6 is 0 Å². The van der Waals surface area contributed by atoms with Crippen LogP contribution in [0.3, 0.4) is 0 Å². The van der Waals surface area contributed by atoms with Gasteiger partial charge < -0.3 is 10.6 Å². The predicted octanol–water partition coefficient (Wildman–Crippen LogP) is 3.14. The van der Waals surface area contributed by atoms with Gasteiger partial charge in [-0.2, -0.15) is 0 Å². The van der Waals surface area contributed by atoms with E-state index in [2.05, 4.69) is 16.7 Å². The molecule has 0 radical (unpaired) electrons. The van der Waals surface area contributed by atoms with Gasteiger partial charge in [0.1, 0.15) is 0 Å². The van der Waals surface area contributed by atoms with Crippen molar-refractivity contribution in [3.63, 3.8) is 0 Å². The SMILES string of the molecule is CN(C)S(=O)(=O)c1ccc(CNC(=O)Nc2cccc3c2CCCC3)cc1. The van der Waals surface area contributed by atoms with E-state index in [4.69, 9.17) is 0 Å². The molecule has 2 amide bonds. The van der Waals surface area contributed by atoms with Crippen LogP contribution in [-0.2, 0) is 29.4 Å². The summed E-state index contributed by atoms with van der Waals surface area (Å²) in [5, 5.41) is 5.76. The number of carbonyl (C=O) groups excluding carboxylic acids is 1. The minimum atomic E-state index is -3.44. The van der Waals surface area contributed by atoms with Crippen LogP contribution in [0.15, 0.2) is 47.4 Å². The zero-order valence-electron chi connectivity index (χ0n) is 15.7. The lowest BCUT2D eigenvalue weighted by Crippen LogP contribution is -2.29. The van der Waals surface area contributed by atoms with Crippen molar-refractivity contribution >= 4 is 21.7 Å². The Kier molecular flexibility index (Phi) is 5.82. The van der Waals surface area contributed by atoms with E-state index in [0.717, 1.165) is 30.5 Å². The van der Waals surface area contributed by atoms with Crippen LogP contribution in [-0.4, -0.2) is 32.8 Å². The van der Waals surface area contributed by atoms with Crippen molar-refractivity contribution in [1.29, 1.82) is 0 Å². The van der Waals surface area contributed by atoms with Gasteiger partial charge in [0.05, 0.1) is 4.90 Å². The Balaban J connectivity index is 1.60. The normalized spacial score (nSPS) is 13.9. The number of benzene rings is 2. The first-order chi connectivity index (χ1) is 12.9. The van der Waals surface area contributed by atoms with Gasteiger partial charge in [-0.25, -0.2) is 17.5 Å². The molecule has 0 fully saturated rings. The van der Waals surface area contributed by atoms with Gasteiger partial charge in [-0.3, -0.25) is 0 Å². The molecule has 0 aromatic heterocycles. The number of hydrogen-bond acceptors (Lipinski definition) is 3. The second kappa shape index (κ2) is 8.10. The summed E-state index contributed by atoms with van der Waals surface area (Å²) in [5.41, 5.74) is 4.25. The molecule has 0 spiro atoms. The average molecular weight is 388 g/mol. The van der Waals surface area contributed by atoms with Crippen molar-refractivity contribution in [2.75, 3.05) is 19.4 Å². The van der Waals surface area contributed by atoms with Crippen molar-refractivity contribution in [3.05, 3.63) is 59.2 Å². The minimum absolute atomic E-state index is 0.233. The van der Waals surface area contributed by atoms with Gasteiger partial charge in [0.2, 0.25) is 10.0 Å². The highest BCUT2D eigenvalue weighted by Crippen LogP contribution is 2.27. The predicted molar refractivity (Wildman–Crippen MR) is 106 cm³/mol. The number of anilines is 1. The third-order valence-corrected chi connectivity index (χ3v) is 6.63. The highest BCUT2D eigenvalue weighted by Gasteiger charge is 2.17. The lowest BCUT2D eigenvalue weighted by molar-refractivity contribution is 0.251. The molecular formula is C20H25N3O3S. The largest absolute Gasteiger partial charge is 0.334 e. The maximum atomic E-state index is 12.3. The number of nitrogens with one attached hydrogen (secondary N) is 2. The first-order valence-electron chi connectivity index (χ1n) is 9.05. The van der Waals surface area contributed by atoms with Gasteiger partial charge in [-0.1, -0.05) is 24.3 Å². The summed E-state index contributed by atoms with van der Waals surface area (Å²) in [4.78, 5) is 12.5. The topological polar surface area (TPSA) is 78.5 Å². The first-order valence-corrected chi connectivity index (χ1v) is 10.5. The molecule has 2 N–H and O–H groups in total. The van der Waals surface area contributed by atoms with Gasteiger partial charge in [-0.05, 0) is 60.6 Å². The molecular weight excluding hydrogens is 362 g/mol. The molecule has 0 aliphatic heterocycles. The lowest BCUT2D eigenvalue weighted by atomic mass is 9.90. The van der Waals surface area contributed by atoms with Crippen LogP contribution in [0.2, 0.25) is 0 Å². The second-order valence-corrected chi connectivity index (χ2v) is 9.04. The Morgan fingerprint density at radius 2 is 1.74 bits per heavy atom. The van der Waals surface area contributed by atoms with E-state index in [1.165, 1.54) is 35.9 Å². The molecule has 1 aliphatic rings. The van der Waals surface area contributed by atoms with E-state index in [1.54, 1.807) is 24.3 Å². The zero-order chi connectivity index (χ0) is 19.4. The number of aryl methyl sites for hydroxylation is 1. The molecule has 0 saturated carbocycles. The van der Waals surface area contributed by atoms with Gasteiger partial charge in [0.15, 0.2) is 0 Å². The van der Waals surface area contributed by atoms with Gasteiger partial charge in [0, 0.05) is 26.3 Å². The number of carbonyl (C=O) groups is 1. The van der Waals surface area contributed by atoms with Crippen LogP contribution in [0, 0.1) is 0 Å². The molecule has 3 rings (SSSR count). The quantitative estimate of drug-likeness (QED) is 0.827. The van der Waals surface area contributed by atoms with Crippen LogP contribution < -0.4 is 10.6 Å². The van der Waals surface area contributed by atoms with Crippen molar-refractivity contribution in [1.82, 2.24) is 9.62 Å². The summed E-state index contributed by atoms with van der Waals surface area (Å²) in [5.74, 6) is 0. The third-order valence-electron chi connectivity index (χ3n) is 4.80. The number of urea groups is 1. The molecule has 1 aliphatic carbocycles. The van der Waals surface area contributed by atoms with E-state index >= 15 is 0 Å². The Morgan fingerprint density at radius 1 is 1.04 bits per heavy atom. The first kappa shape index (κ1) is 19.4. The smallest absolute Gasteiger partial charge is 0.319 e. The molecule has 27 heavy (non-hydrogen) atoms. The highest BCUT2D eigenvalue weighted by atomic mass is 32.2. The fourth-order valence-corrected chi connectivity index (χ4v) is 4.14. The Bertz CT molecular complexity index is 922. The third kappa shape index (κ3) is 4.48. The Morgan fingerprint density at radius 3 is 2.44 bits per heavy atom. The van der Waals surface area contributed by atoms with Gasteiger partial charge in [-0.15, -0.1) is 0 Å². The Labute approximate surface area is 160 Å². The summed E-state index contributed by atoms with van der Waals surface area (Å²) in [7, 11) is -0.446. The molecule has 0 heterocycles. The van der Waals surface area contributed by atoms with Crippen molar-refractivity contribution in [2.45, 2.75) is 37.1 Å². The fraction of sp³-hybridized carbons (Fsp3) is 0.350. The van der Waals surface area contributed by atoms with Crippen LogP contribution in [0.4, 0.5) is 10.5 Å². The maximum Gasteiger partial charge on any atom is 0.319 e. The highest BCUT2D eigenvalue weighted by molar-refractivity contribution is 7.89. The van der Waals surface area contributed by atoms with Crippen molar-refractivity contribution in [2.24, 2.45) is 0 Å². The summed E-state index contributed by atoms with van der Waals surface area (Å²) in [6.45, 7) is 0.323. The van der Waals surface area contributed by atoms with E-state index < -0.39 is 10.0 Å². The zero-order valence-corrected chi connectivity index (χ0v) is 16.5. The fourth-order valence-electron chi connectivity index (χ4n) is 3.24. The van der Waals surface area contributed by atoms with Crippen LogP contribution in [0.5, 0.6) is 0 Å². The molecule has 144 valence electrons. The second-order valence-electron chi connectivity index (χ2n) is 6.89. The Hall–Kier alpha value is -2.38. The molecule has 2 aromatic carbocycles. The number of nitrogens with zero attached hydrogens (tertiary/aromatic N) is 1. The summed E-state index contributed by atoms with van der Waals surface area (Å²) in [6.07, 6.45) is 4.40. The van der Waals surface area contributed by atoms with Crippen LogP contribution in [0.1, 0.15) is 29.5 Å². The van der Waals surface area contributed by atoms with Crippen molar-refractivity contribution in [3.8, 4) is 0 Å². The molecule has 0 bridgehead atoms. The minimum Gasteiger partial charge on any atom is -0.334 e. The summed E-state index contributed by atoms with van der Waals surface area (Å²) < 4.78 is 25.3. The number of sulfonamides is 1. The van der Waals surface area contributed by atoms with E-state index in [0.29, 0.717) is 6.54 Å². The van der Waals surface area contributed by atoms with E-state index in [1.807, 2.05) is 12.1 Å². The van der Waals surface area contributed by atoms with Crippen molar-refractivity contribution < 1.29 is 13.2 Å². The lowest BCUT2D eigenvalue weighted by Gasteiger charge is -2.19. The van der Waals surface area contributed by atoms with E-state index in [9.17, 15) is 13.2 Å². The average Bonchev–Trinajstić information content (AvgIpc) is 2.67. The summed E-state index contributed by atoms with van der Waals surface area (Å²) in [6, 6.07) is 12.3. The number of rotatable bonds is 5. The monoisotopic (exact) mass is 387 g/mol. The molecule has 0 atom stereocenters. The maximum absolute atomic E-state index is 12.3. The molecule has 0 saturated heterocycles. The number of fused-ring (bicyclic) bond motifs is 1.